The average Bonchev–Trinajstić information content (AvgIpc) is 3.07. The molecule has 0 radical (unpaired) electrons. The molecule has 0 spiro atoms. The van der Waals surface area contributed by atoms with Gasteiger partial charge in [0.2, 0.25) is 9.84 Å². The Morgan fingerprint density at radius 1 is 0.810 bits per heavy atom. The molecule has 9 heteroatoms. The summed E-state index contributed by atoms with van der Waals surface area (Å²) in [6, 6.07) is 24.2. The first-order chi connectivity index (χ1) is 20.1. The molecule has 0 atom stereocenters. The first-order valence-corrected chi connectivity index (χ1v) is 15.7. The van der Waals surface area contributed by atoms with E-state index in [9.17, 15) is 18.0 Å². The number of rotatable bonds is 4. The minimum Gasteiger partial charge on any atom is -0.368 e. The number of hydrogen-bond acceptors (Lipinski definition) is 5. The van der Waals surface area contributed by atoms with Crippen molar-refractivity contribution in [3.05, 3.63) is 118 Å². The fourth-order valence-corrected chi connectivity index (χ4v) is 7.42. The van der Waals surface area contributed by atoms with Gasteiger partial charge in [-0.15, -0.1) is 0 Å². The van der Waals surface area contributed by atoms with Crippen molar-refractivity contribution >= 4 is 44.6 Å². The first kappa shape index (κ1) is 28.0. The second kappa shape index (κ2) is 10.9. The minimum absolute atomic E-state index is 0.00828. The van der Waals surface area contributed by atoms with Gasteiger partial charge in [-0.25, -0.2) is 8.42 Å². The topological polar surface area (TPSA) is 78.0 Å². The molecular formula is C33H30ClN3O4S. The van der Waals surface area contributed by atoms with Gasteiger partial charge in [0, 0.05) is 42.5 Å². The minimum atomic E-state index is -4.03. The van der Waals surface area contributed by atoms with Gasteiger partial charge < -0.3 is 14.7 Å². The predicted molar refractivity (Wildman–Crippen MR) is 164 cm³/mol. The van der Waals surface area contributed by atoms with Gasteiger partial charge in [0.25, 0.3) is 11.8 Å². The van der Waals surface area contributed by atoms with Crippen LogP contribution in [0, 0.1) is 13.8 Å². The molecule has 4 aromatic rings. The van der Waals surface area contributed by atoms with Crippen LogP contribution in [0.25, 0.3) is 0 Å². The average molecular weight is 600 g/mol. The maximum atomic E-state index is 13.9. The van der Waals surface area contributed by atoms with Crippen molar-refractivity contribution in [2.24, 2.45) is 0 Å². The Morgan fingerprint density at radius 2 is 1.52 bits per heavy atom. The number of piperazine rings is 1. The van der Waals surface area contributed by atoms with Gasteiger partial charge in [0.1, 0.15) is 0 Å². The zero-order valence-electron chi connectivity index (χ0n) is 23.4. The predicted octanol–water partition coefficient (Wildman–Crippen LogP) is 5.91. The summed E-state index contributed by atoms with van der Waals surface area (Å²) in [6.07, 6.45) is 0. The molecule has 0 N–H and O–H groups in total. The van der Waals surface area contributed by atoms with E-state index in [1.807, 2.05) is 0 Å². The maximum absolute atomic E-state index is 13.9. The largest absolute Gasteiger partial charge is 0.368 e. The van der Waals surface area contributed by atoms with Crippen molar-refractivity contribution in [2.75, 3.05) is 36.0 Å². The Kier molecular flexibility index (Phi) is 7.29. The first-order valence-electron chi connectivity index (χ1n) is 13.8. The molecule has 2 aliphatic rings. The summed E-state index contributed by atoms with van der Waals surface area (Å²) in [6.45, 7) is 6.70. The zero-order chi connectivity index (χ0) is 29.6. The number of sulfone groups is 1. The number of halogens is 1. The van der Waals surface area contributed by atoms with Gasteiger partial charge in [-0.2, -0.15) is 0 Å². The van der Waals surface area contributed by atoms with Crippen LogP contribution in [-0.2, 0) is 16.4 Å². The second-order valence-electron chi connectivity index (χ2n) is 10.8. The number of hydrogen-bond donors (Lipinski definition) is 0. The Labute approximate surface area is 250 Å². The van der Waals surface area contributed by atoms with E-state index in [0.29, 0.717) is 36.8 Å². The smallest absolute Gasteiger partial charge is 0.259 e. The second-order valence-corrected chi connectivity index (χ2v) is 13.1. The van der Waals surface area contributed by atoms with Gasteiger partial charge in [-0.3, -0.25) is 9.59 Å². The van der Waals surface area contributed by atoms with Crippen LogP contribution in [0.5, 0.6) is 0 Å². The van der Waals surface area contributed by atoms with E-state index in [0.717, 1.165) is 5.56 Å². The van der Waals surface area contributed by atoms with Crippen molar-refractivity contribution < 1.29 is 18.0 Å². The maximum Gasteiger partial charge on any atom is 0.259 e. The number of carbonyl (C=O) groups is 2. The molecule has 1 fully saturated rings. The molecule has 214 valence electrons. The number of benzene rings is 4. The fourth-order valence-electron chi connectivity index (χ4n) is 5.66. The van der Waals surface area contributed by atoms with Crippen molar-refractivity contribution in [1.29, 1.82) is 0 Å². The lowest BCUT2D eigenvalue weighted by molar-refractivity contribution is 0.0746. The highest BCUT2D eigenvalue weighted by Gasteiger charge is 2.36. The summed E-state index contributed by atoms with van der Waals surface area (Å²) in [4.78, 5) is 33.1. The van der Waals surface area contributed by atoms with E-state index in [1.165, 1.54) is 39.9 Å². The van der Waals surface area contributed by atoms with Gasteiger partial charge >= 0.3 is 0 Å². The Hall–Kier alpha value is -4.14. The third-order valence-corrected chi connectivity index (χ3v) is 10.1. The Morgan fingerprint density at radius 3 is 2.26 bits per heavy atom. The van der Waals surface area contributed by atoms with Crippen LogP contribution >= 0.6 is 11.6 Å². The van der Waals surface area contributed by atoms with Crippen LogP contribution in [0.1, 0.15) is 37.4 Å². The third-order valence-electron chi connectivity index (χ3n) is 7.96. The summed E-state index contributed by atoms with van der Waals surface area (Å²) >= 11 is 6.08. The van der Waals surface area contributed by atoms with Crippen LogP contribution in [0.15, 0.2) is 94.7 Å². The lowest BCUT2D eigenvalue weighted by Gasteiger charge is -2.37. The molecule has 0 aromatic heterocycles. The van der Waals surface area contributed by atoms with E-state index in [-0.39, 0.29) is 33.5 Å². The lowest BCUT2D eigenvalue weighted by Crippen LogP contribution is -2.49. The van der Waals surface area contributed by atoms with Crippen molar-refractivity contribution in [3.63, 3.8) is 0 Å². The molecule has 2 amide bonds. The lowest BCUT2D eigenvalue weighted by atomic mass is 10.1. The number of anilines is 2. The highest BCUT2D eigenvalue weighted by Crippen LogP contribution is 2.38. The van der Waals surface area contributed by atoms with Crippen LogP contribution in [0.4, 0.5) is 11.4 Å². The number of carbonyl (C=O) groups excluding carboxylic acids is 2. The number of amides is 2. The molecular weight excluding hydrogens is 570 g/mol. The monoisotopic (exact) mass is 599 g/mol. The molecule has 2 aliphatic heterocycles. The molecule has 1 saturated heterocycles. The van der Waals surface area contributed by atoms with Crippen LogP contribution in [0.3, 0.4) is 0 Å². The van der Waals surface area contributed by atoms with Crippen molar-refractivity contribution in [1.82, 2.24) is 4.90 Å². The number of aryl methyl sites for hydroxylation is 2. The van der Waals surface area contributed by atoms with E-state index >= 15 is 0 Å². The van der Waals surface area contributed by atoms with E-state index in [2.05, 4.69) is 36.9 Å². The number of nitrogens with zero attached hydrogens (tertiary/aromatic N) is 3. The normalized spacial score (nSPS) is 16.1. The van der Waals surface area contributed by atoms with E-state index < -0.39 is 15.7 Å². The van der Waals surface area contributed by atoms with Gasteiger partial charge in [0.15, 0.2) is 0 Å². The van der Waals surface area contributed by atoms with E-state index in [4.69, 9.17) is 11.6 Å². The molecule has 4 aromatic carbocycles. The summed E-state index contributed by atoms with van der Waals surface area (Å²) in [5, 5.41) is 0.555. The molecule has 6 rings (SSSR count). The van der Waals surface area contributed by atoms with Crippen LogP contribution in [0.2, 0.25) is 5.02 Å². The molecule has 42 heavy (non-hydrogen) atoms. The number of fused-ring (bicyclic) bond motifs is 2. The van der Waals surface area contributed by atoms with E-state index in [1.54, 1.807) is 53.4 Å². The quantitative estimate of drug-likeness (QED) is 0.291. The summed E-state index contributed by atoms with van der Waals surface area (Å²) in [7, 11) is -4.03. The van der Waals surface area contributed by atoms with Gasteiger partial charge in [0.05, 0.1) is 27.6 Å². The van der Waals surface area contributed by atoms with Crippen molar-refractivity contribution in [2.45, 2.75) is 30.2 Å². The van der Waals surface area contributed by atoms with Crippen LogP contribution < -0.4 is 9.80 Å². The standard InChI is InChI=1S/C33H30ClN3O4S/c1-22-7-8-23(2)28(19-22)35-15-17-36(18-16-35)32(38)25-11-14-31-29(20-25)37(21-24-9-12-26(34)13-10-24)33(39)27-5-3-4-6-30(27)42(31,40)41/h3-14,19-20H,15-18,21H2,1-2H3. The molecule has 0 saturated carbocycles. The summed E-state index contributed by atoms with van der Waals surface area (Å²) < 4.78 is 27.6. The van der Waals surface area contributed by atoms with Gasteiger partial charge in [-0.05, 0) is 79.1 Å². The summed E-state index contributed by atoms with van der Waals surface area (Å²) in [5.74, 6) is -0.647. The molecule has 0 bridgehead atoms. The van der Waals surface area contributed by atoms with Crippen LogP contribution in [-0.4, -0.2) is 51.3 Å². The SMILES string of the molecule is Cc1ccc(C)c(N2CCN(C(=O)c3ccc4c(c3)N(Cc3ccc(Cl)cc3)C(=O)c3ccccc3S4(=O)=O)CC2)c1. The van der Waals surface area contributed by atoms with Gasteiger partial charge in [-0.1, -0.05) is 48.0 Å². The Balaban J connectivity index is 1.34. The third kappa shape index (κ3) is 5.05. The highest BCUT2D eigenvalue weighted by atomic mass is 35.5. The zero-order valence-corrected chi connectivity index (χ0v) is 25.0. The Bertz CT molecular complexity index is 1810. The summed E-state index contributed by atoms with van der Waals surface area (Å²) in [5.41, 5.74) is 4.95. The molecule has 0 aliphatic carbocycles. The fraction of sp³-hybridized carbons (Fsp3) is 0.212. The molecule has 2 heterocycles. The highest BCUT2D eigenvalue weighted by molar-refractivity contribution is 7.91. The molecule has 0 unspecified atom stereocenters. The molecule has 7 nitrogen and oxygen atoms in total. The van der Waals surface area contributed by atoms with Crippen molar-refractivity contribution in [3.8, 4) is 0 Å².